The van der Waals surface area contributed by atoms with Crippen LogP contribution in [0.3, 0.4) is 0 Å². The molecule has 0 saturated heterocycles. The van der Waals surface area contributed by atoms with E-state index in [4.69, 9.17) is 0 Å². The fourth-order valence-electron chi connectivity index (χ4n) is 2.19. The molecule has 0 fully saturated rings. The zero-order chi connectivity index (χ0) is 16.3. The average Bonchev–Trinajstić information content (AvgIpc) is 2.58. The number of benzene rings is 3. The Morgan fingerprint density at radius 1 is 0.913 bits per heavy atom. The second-order valence-corrected chi connectivity index (χ2v) is 6.55. The van der Waals surface area contributed by atoms with E-state index < -0.39 is 10.0 Å². The van der Waals surface area contributed by atoms with Crippen molar-refractivity contribution in [3.05, 3.63) is 72.3 Å². The molecule has 3 aromatic carbocycles. The van der Waals surface area contributed by atoms with E-state index in [1.807, 2.05) is 24.3 Å². The van der Waals surface area contributed by atoms with E-state index >= 15 is 0 Å². The van der Waals surface area contributed by atoms with Gasteiger partial charge in [0, 0.05) is 10.9 Å². The minimum absolute atomic E-state index is 0.0609. The highest BCUT2D eigenvalue weighted by molar-refractivity contribution is 7.89. The molecule has 0 bridgehead atoms. The van der Waals surface area contributed by atoms with Crippen LogP contribution in [-0.2, 0) is 10.0 Å². The van der Waals surface area contributed by atoms with Crippen LogP contribution in [0, 0.1) is 0 Å². The van der Waals surface area contributed by atoms with E-state index in [9.17, 15) is 13.5 Å². The smallest absolute Gasteiger partial charge is 0.276 e. The van der Waals surface area contributed by atoms with Crippen molar-refractivity contribution in [1.29, 1.82) is 0 Å². The Kier molecular flexibility index (Phi) is 3.99. The minimum atomic E-state index is -3.72. The van der Waals surface area contributed by atoms with Gasteiger partial charge in [-0.1, -0.05) is 48.5 Å². The SMILES string of the molecule is O=S(=O)(NN=Cc1ccc2ccccc2c1O)c1ccccc1. The predicted octanol–water partition coefficient (Wildman–Crippen LogP) is 2.86. The molecule has 5 nitrogen and oxygen atoms in total. The third-order valence-electron chi connectivity index (χ3n) is 3.36. The van der Waals surface area contributed by atoms with Crippen LogP contribution in [0.4, 0.5) is 0 Å². The molecule has 0 aliphatic rings. The van der Waals surface area contributed by atoms with Crippen LogP contribution in [0.1, 0.15) is 5.56 Å². The number of sulfonamides is 1. The largest absolute Gasteiger partial charge is 0.507 e. The normalized spacial score (nSPS) is 11.8. The van der Waals surface area contributed by atoms with Crippen LogP contribution >= 0.6 is 0 Å². The summed E-state index contributed by atoms with van der Waals surface area (Å²) in [6.45, 7) is 0. The number of aromatic hydroxyl groups is 1. The Morgan fingerprint density at radius 3 is 2.39 bits per heavy atom. The summed E-state index contributed by atoms with van der Waals surface area (Å²) in [6, 6.07) is 18.8. The van der Waals surface area contributed by atoms with Gasteiger partial charge in [0.25, 0.3) is 10.0 Å². The van der Waals surface area contributed by atoms with Crippen LogP contribution in [0.5, 0.6) is 5.75 Å². The quantitative estimate of drug-likeness (QED) is 0.571. The topological polar surface area (TPSA) is 78.8 Å². The van der Waals surface area contributed by atoms with Crippen LogP contribution < -0.4 is 4.83 Å². The van der Waals surface area contributed by atoms with E-state index in [1.54, 1.807) is 30.3 Å². The number of nitrogens with one attached hydrogen (secondary N) is 1. The average molecular weight is 326 g/mol. The molecular weight excluding hydrogens is 312 g/mol. The van der Waals surface area contributed by atoms with Crippen molar-refractivity contribution in [2.75, 3.05) is 0 Å². The van der Waals surface area contributed by atoms with Crippen molar-refractivity contribution in [2.45, 2.75) is 4.90 Å². The molecule has 0 amide bonds. The third-order valence-corrected chi connectivity index (χ3v) is 4.60. The van der Waals surface area contributed by atoms with Crippen LogP contribution in [0.15, 0.2) is 76.7 Å². The number of nitrogens with zero attached hydrogens (tertiary/aromatic N) is 1. The second kappa shape index (κ2) is 6.10. The molecule has 116 valence electrons. The predicted molar refractivity (Wildman–Crippen MR) is 90.0 cm³/mol. The van der Waals surface area contributed by atoms with Crippen LogP contribution in [-0.4, -0.2) is 19.7 Å². The van der Waals surface area contributed by atoms with E-state index in [2.05, 4.69) is 9.93 Å². The molecule has 0 atom stereocenters. The number of hydrogen-bond acceptors (Lipinski definition) is 4. The number of hydrogen-bond donors (Lipinski definition) is 2. The lowest BCUT2D eigenvalue weighted by molar-refractivity contribution is 0.481. The fraction of sp³-hybridized carbons (Fsp3) is 0. The maximum absolute atomic E-state index is 12.0. The van der Waals surface area contributed by atoms with Gasteiger partial charge in [-0.25, -0.2) is 4.83 Å². The molecule has 0 heterocycles. The molecule has 3 aromatic rings. The lowest BCUT2D eigenvalue weighted by Crippen LogP contribution is -2.18. The summed E-state index contributed by atoms with van der Waals surface area (Å²) in [5.74, 6) is 0.0609. The van der Waals surface area contributed by atoms with Crippen LogP contribution in [0.25, 0.3) is 10.8 Å². The highest BCUT2D eigenvalue weighted by Gasteiger charge is 2.11. The highest BCUT2D eigenvalue weighted by atomic mass is 32.2. The molecule has 6 heteroatoms. The number of hydrazone groups is 1. The number of rotatable bonds is 4. The Morgan fingerprint density at radius 2 is 1.61 bits per heavy atom. The zero-order valence-electron chi connectivity index (χ0n) is 12.0. The van der Waals surface area contributed by atoms with E-state index in [0.717, 1.165) is 5.39 Å². The first-order valence-electron chi connectivity index (χ1n) is 6.88. The number of phenolic OH excluding ortho intramolecular Hbond substituents is 1. The van der Waals surface area contributed by atoms with Gasteiger partial charge in [-0.05, 0) is 23.6 Å². The van der Waals surface area contributed by atoms with Gasteiger partial charge in [-0.3, -0.25) is 0 Å². The highest BCUT2D eigenvalue weighted by Crippen LogP contribution is 2.27. The maximum Gasteiger partial charge on any atom is 0.276 e. The lowest BCUT2D eigenvalue weighted by atomic mass is 10.1. The number of fused-ring (bicyclic) bond motifs is 1. The molecule has 0 unspecified atom stereocenters. The second-order valence-electron chi connectivity index (χ2n) is 4.89. The summed E-state index contributed by atoms with van der Waals surface area (Å²) in [4.78, 5) is 2.25. The van der Waals surface area contributed by atoms with Gasteiger partial charge in [0.05, 0.1) is 11.1 Å². The van der Waals surface area contributed by atoms with Crippen molar-refractivity contribution in [3.8, 4) is 5.75 Å². The Bertz CT molecular complexity index is 968. The van der Waals surface area contributed by atoms with Gasteiger partial charge in [0.15, 0.2) is 0 Å². The molecule has 0 radical (unpaired) electrons. The van der Waals surface area contributed by atoms with Crippen molar-refractivity contribution in [1.82, 2.24) is 4.83 Å². The van der Waals surface area contributed by atoms with Gasteiger partial charge in [-0.2, -0.15) is 13.5 Å². The van der Waals surface area contributed by atoms with Crippen molar-refractivity contribution in [3.63, 3.8) is 0 Å². The molecule has 23 heavy (non-hydrogen) atoms. The first-order chi connectivity index (χ1) is 11.1. The maximum atomic E-state index is 12.0. The first-order valence-corrected chi connectivity index (χ1v) is 8.37. The first kappa shape index (κ1) is 15.1. The fourth-order valence-corrected chi connectivity index (χ4v) is 3.01. The summed E-state index contributed by atoms with van der Waals surface area (Å²) in [6.07, 6.45) is 1.28. The van der Waals surface area contributed by atoms with Gasteiger partial charge >= 0.3 is 0 Å². The Labute approximate surface area is 134 Å². The van der Waals surface area contributed by atoms with Crippen molar-refractivity contribution < 1.29 is 13.5 Å². The van der Waals surface area contributed by atoms with Gasteiger partial charge in [0.2, 0.25) is 0 Å². The molecule has 0 spiro atoms. The van der Waals surface area contributed by atoms with Crippen molar-refractivity contribution >= 4 is 27.0 Å². The molecule has 0 saturated carbocycles. The summed E-state index contributed by atoms with van der Waals surface area (Å²) in [5, 5.41) is 15.5. The van der Waals surface area contributed by atoms with E-state index in [-0.39, 0.29) is 10.6 Å². The Hall–Kier alpha value is -2.86. The van der Waals surface area contributed by atoms with Gasteiger partial charge < -0.3 is 5.11 Å². The summed E-state index contributed by atoms with van der Waals surface area (Å²) < 4.78 is 24.1. The summed E-state index contributed by atoms with van der Waals surface area (Å²) in [5.41, 5.74) is 0.430. The van der Waals surface area contributed by atoms with Gasteiger partial charge in [0.1, 0.15) is 5.75 Å². The summed E-state index contributed by atoms with van der Waals surface area (Å²) >= 11 is 0. The van der Waals surface area contributed by atoms with E-state index in [0.29, 0.717) is 10.9 Å². The molecular formula is C17H14N2O3S. The molecule has 3 rings (SSSR count). The molecule has 0 aromatic heterocycles. The minimum Gasteiger partial charge on any atom is -0.507 e. The monoisotopic (exact) mass is 326 g/mol. The standard InChI is InChI=1S/C17H14N2O3S/c20-17-14(11-10-13-6-4-5-9-16(13)17)12-18-19-23(21,22)15-7-2-1-3-8-15/h1-12,19-20H. The zero-order valence-corrected chi connectivity index (χ0v) is 12.9. The number of phenols is 1. The summed E-state index contributed by atoms with van der Waals surface area (Å²) in [7, 11) is -3.72. The van der Waals surface area contributed by atoms with E-state index in [1.165, 1.54) is 18.3 Å². The molecule has 0 aliphatic heterocycles. The van der Waals surface area contributed by atoms with Crippen LogP contribution in [0.2, 0.25) is 0 Å². The van der Waals surface area contributed by atoms with Gasteiger partial charge in [-0.15, -0.1) is 0 Å². The third kappa shape index (κ3) is 3.17. The Balaban J connectivity index is 1.85. The van der Waals surface area contributed by atoms with Crippen molar-refractivity contribution in [2.24, 2.45) is 5.10 Å². The molecule has 2 N–H and O–H groups in total. The lowest BCUT2D eigenvalue weighted by Gasteiger charge is -2.05. The molecule has 0 aliphatic carbocycles.